The standard InChI is InChI=1S/C21H20FNO4S2/c1-28-18-9-6-15(7-10-18)12-23-21(24)20-11-8-17(27-20)14-29(25,26)13-16-4-2-3-5-19(16)22/h2-11H,12-14H2,1H3,(H,23,24). The fraction of sp³-hybridized carbons (Fsp3) is 0.190. The van der Waals surface area contributed by atoms with Gasteiger partial charge in [-0.2, -0.15) is 0 Å². The summed E-state index contributed by atoms with van der Waals surface area (Å²) in [4.78, 5) is 13.4. The minimum Gasteiger partial charge on any atom is -0.455 e. The smallest absolute Gasteiger partial charge is 0.287 e. The molecule has 8 heteroatoms. The van der Waals surface area contributed by atoms with Crippen molar-refractivity contribution in [2.75, 3.05) is 6.26 Å². The Bertz CT molecular complexity index is 1090. The van der Waals surface area contributed by atoms with Crippen molar-refractivity contribution < 1.29 is 22.0 Å². The molecule has 3 aromatic rings. The van der Waals surface area contributed by atoms with Crippen LogP contribution in [0, 0.1) is 5.82 Å². The summed E-state index contributed by atoms with van der Waals surface area (Å²) in [6.45, 7) is 0.328. The molecular weight excluding hydrogens is 413 g/mol. The van der Waals surface area contributed by atoms with Gasteiger partial charge in [0, 0.05) is 17.0 Å². The molecule has 0 aliphatic rings. The molecule has 3 rings (SSSR count). The normalized spacial score (nSPS) is 11.4. The van der Waals surface area contributed by atoms with Crippen molar-refractivity contribution in [1.82, 2.24) is 5.32 Å². The fourth-order valence-electron chi connectivity index (χ4n) is 2.71. The largest absolute Gasteiger partial charge is 0.455 e. The Morgan fingerprint density at radius 1 is 1.03 bits per heavy atom. The molecule has 1 aromatic heterocycles. The lowest BCUT2D eigenvalue weighted by atomic mass is 10.2. The topological polar surface area (TPSA) is 76.4 Å². The number of hydrogen-bond donors (Lipinski definition) is 1. The van der Waals surface area contributed by atoms with Gasteiger partial charge in [0.15, 0.2) is 15.6 Å². The van der Waals surface area contributed by atoms with Gasteiger partial charge in [-0.15, -0.1) is 11.8 Å². The lowest BCUT2D eigenvalue weighted by Gasteiger charge is -2.05. The molecule has 1 amide bonds. The van der Waals surface area contributed by atoms with Crippen LogP contribution in [0.4, 0.5) is 4.39 Å². The second-order valence-electron chi connectivity index (χ2n) is 6.42. The number of benzene rings is 2. The first-order chi connectivity index (χ1) is 13.9. The third kappa shape index (κ3) is 5.95. The first kappa shape index (κ1) is 21.1. The van der Waals surface area contributed by atoms with Crippen molar-refractivity contribution in [3.05, 3.63) is 89.1 Å². The molecule has 1 N–H and O–H groups in total. The maximum atomic E-state index is 13.7. The molecule has 1 heterocycles. The van der Waals surface area contributed by atoms with Gasteiger partial charge in [-0.25, -0.2) is 12.8 Å². The van der Waals surface area contributed by atoms with Crippen LogP contribution in [-0.4, -0.2) is 20.6 Å². The molecule has 0 aliphatic carbocycles. The predicted molar refractivity (Wildman–Crippen MR) is 111 cm³/mol. The summed E-state index contributed by atoms with van der Waals surface area (Å²) in [5, 5.41) is 2.74. The van der Waals surface area contributed by atoms with Crippen molar-refractivity contribution >= 4 is 27.5 Å². The van der Waals surface area contributed by atoms with E-state index in [0.717, 1.165) is 10.5 Å². The Hall–Kier alpha value is -2.58. The van der Waals surface area contributed by atoms with Crippen molar-refractivity contribution in [3.63, 3.8) is 0 Å². The van der Waals surface area contributed by atoms with Gasteiger partial charge < -0.3 is 9.73 Å². The summed E-state index contributed by atoms with van der Waals surface area (Å²) in [6, 6.07) is 16.4. The molecule has 0 atom stereocenters. The Morgan fingerprint density at radius 3 is 2.45 bits per heavy atom. The number of carbonyl (C=O) groups is 1. The van der Waals surface area contributed by atoms with Crippen molar-refractivity contribution in [2.24, 2.45) is 0 Å². The van der Waals surface area contributed by atoms with Gasteiger partial charge in [-0.1, -0.05) is 30.3 Å². The Kier molecular flexibility index (Phi) is 6.76. The zero-order chi connectivity index (χ0) is 20.9. The van der Waals surface area contributed by atoms with E-state index < -0.39 is 33.1 Å². The molecular formula is C21H20FNO4S2. The van der Waals surface area contributed by atoms with Crippen LogP contribution in [0.2, 0.25) is 0 Å². The number of sulfone groups is 1. The van der Waals surface area contributed by atoms with Crippen LogP contribution in [0.3, 0.4) is 0 Å². The van der Waals surface area contributed by atoms with E-state index in [1.54, 1.807) is 17.8 Å². The number of rotatable bonds is 8. The average molecular weight is 434 g/mol. The zero-order valence-electron chi connectivity index (χ0n) is 15.7. The predicted octanol–water partition coefficient (Wildman–Crippen LogP) is 4.19. The molecule has 0 saturated heterocycles. The lowest BCUT2D eigenvalue weighted by Crippen LogP contribution is -2.22. The second kappa shape index (κ2) is 9.28. The molecule has 152 valence electrons. The maximum absolute atomic E-state index is 13.7. The van der Waals surface area contributed by atoms with Gasteiger partial charge >= 0.3 is 0 Å². The molecule has 0 fully saturated rings. The lowest BCUT2D eigenvalue weighted by molar-refractivity contribution is 0.0921. The highest BCUT2D eigenvalue weighted by molar-refractivity contribution is 7.98. The first-order valence-corrected chi connectivity index (χ1v) is 11.8. The molecule has 0 aliphatic heterocycles. The average Bonchev–Trinajstić information content (AvgIpc) is 3.16. The molecule has 0 unspecified atom stereocenters. The molecule has 0 radical (unpaired) electrons. The van der Waals surface area contributed by atoms with E-state index >= 15 is 0 Å². The third-order valence-electron chi connectivity index (χ3n) is 4.19. The van der Waals surface area contributed by atoms with E-state index in [4.69, 9.17) is 4.42 Å². The summed E-state index contributed by atoms with van der Waals surface area (Å²) in [6.07, 6.45) is 1.99. The van der Waals surface area contributed by atoms with Gasteiger partial charge in [0.25, 0.3) is 5.91 Å². The Labute approximate surface area is 173 Å². The minimum atomic E-state index is -3.65. The number of hydrogen-bond acceptors (Lipinski definition) is 5. The summed E-state index contributed by atoms with van der Waals surface area (Å²) in [5.74, 6) is -1.69. The van der Waals surface area contributed by atoms with E-state index in [2.05, 4.69) is 5.32 Å². The summed E-state index contributed by atoms with van der Waals surface area (Å²) < 4.78 is 43.7. The monoisotopic (exact) mass is 433 g/mol. The zero-order valence-corrected chi connectivity index (χ0v) is 17.4. The van der Waals surface area contributed by atoms with Crippen LogP contribution >= 0.6 is 11.8 Å². The molecule has 0 spiro atoms. The number of carbonyl (C=O) groups excluding carboxylic acids is 1. The third-order valence-corrected chi connectivity index (χ3v) is 6.41. The Morgan fingerprint density at radius 2 is 1.76 bits per heavy atom. The van der Waals surface area contributed by atoms with Crippen LogP contribution < -0.4 is 5.32 Å². The number of amides is 1. The number of thioether (sulfide) groups is 1. The van der Waals surface area contributed by atoms with E-state index in [1.165, 1.54) is 30.3 Å². The van der Waals surface area contributed by atoms with Crippen LogP contribution in [0.15, 0.2) is 70.0 Å². The highest BCUT2D eigenvalue weighted by Crippen LogP contribution is 2.18. The SMILES string of the molecule is CSc1ccc(CNC(=O)c2ccc(CS(=O)(=O)Cc3ccccc3F)o2)cc1. The molecule has 2 aromatic carbocycles. The maximum Gasteiger partial charge on any atom is 0.287 e. The molecule has 0 saturated carbocycles. The number of furan rings is 1. The van der Waals surface area contributed by atoms with Gasteiger partial charge in [0.1, 0.15) is 17.3 Å². The highest BCUT2D eigenvalue weighted by Gasteiger charge is 2.19. The number of nitrogens with one attached hydrogen (secondary N) is 1. The summed E-state index contributed by atoms with van der Waals surface area (Å²) in [7, 11) is -3.65. The van der Waals surface area contributed by atoms with Crippen LogP contribution in [0.1, 0.15) is 27.4 Å². The molecule has 29 heavy (non-hydrogen) atoms. The van der Waals surface area contributed by atoms with Gasteiger partial charge in [-0.3, -0.25) is 4.79 Å². The van der Waals surface area contributed by atoms with Crippen LogP contribution in [0.5, 0.6) is 0 Å². The van der Waals surface area contributed by atoms with Crippen molar-refractivity contribution in [1.29, 1.82) is 0 Å². The van der Waals surface area contributed by atoms with Crippen molar-refractivity contribution in [3.8, 4) is 0 Å². The quantitative estimate of drug-likeness (QED) is 0.539. The van der Waals surface area contributed by atoms with E-state index in [1.807, 2.05) is 30.5 Å². The van der Waals surface area contributed by atoms with Gasteiger partial charge in [0.05, 0.1) is 5.75 Å². The molecule has 5 nitrogen and oxygen atoms in total. The van der Waals surface area contributed by atoms with Gasteiger partial charge in [-0.05, 0) is 42.2 Å². The molecule has 0 bridgehead atoms. The van der Waals surface area contributed by atoms with Crippen LogP contribution in [-0.2, 0) is 27.9 Å². The fourth-order valence-corrected chi connectivity index (χ4v) is 4.52. The summed E-state index contributed by atoms with van der Waals surface area (Å²) in [5.41, 5.74) is 1.04. The van der Waals surface area contributed by atoms with E-state index in [-0.39, 0.29) is 17.1 Å². The second-order valence-corrected chi connectivity index (χ2v) is 9.36. The van der Waals surface area contributed by atoms with Crippen molar-refractivity contribution in [2.45, 2.75) is 22.9 Å². The highest BCUT2D eigenvalue weighted by atomic mass is 32.2. The summed E-state index contributed by atoms with van der Waals surface area (Å²) >= 11 is 1.63. The first-order valence-electron chi connectivity index (χ1n) is 8.80. The van der Waals surface area contributed by atoms with E-state index in [0.29, 0.717) is 6.54 Å². The van der Waals surface area contributed by atoms with Crippen LogP contribution in [0.25, 0.3) is 0 Å². The number of halogens is 1. The Balaban J connectivity index is 1.59. The van der Waals surface area contributed by atoms with E-state index in [9.17, 15) is 17.6 Å². The minimum absolute atomic E-state index is 0.0295. The van der Waals surface area contributed by atoms with Gasteiger partial charge in [0.2, 0.25) is 0 Å².